The van der Waals surface area contributed by atoms with E-state index in [1.807, 2.05) is 42.5 Å². The smallest absolute Gasteiger partial charge is 0.314 e. The zero-order valence-corrected chi connectivity index (χ0v) is 23.6. The minimum Gasteiger partial charge on any atom is -0.460 e. The van der Waals surface area contributed by atoms with E-state index in [2.05, 4.69) is 0 Å². The molecule has 7 heteroatoms. The average molecular weight is 555 g/mol. The van der Waals surface area contributed by atoms with Crippen molar-refractivity contribution in [3.05, 3.63) is 94.8 Å². The number of hydrogen-bond acceptors (Lipinski definition) is 5. The van der Waals surface area contributed by atoms with E-state index in [-0.39, 0.29) is 37.2 Å². The van der Waals surface area contributed by atoms with Gasteiger partial charge in [-0.3, -0.25) is 9.59 Å². The van der Waals surface area contributed by atoms with Crippen LogP contribution in [0.5, 0.6) is 0 Å². The molecule has 0 radical (unpaired) electrons. The summed E-state index contributed by atoms with van der Waals surface area (Å²) in [6.45, 7) is 6.70. The Morgan fingerprint density at radius 2 is 1.62 bits per heavy atom. The van der Waals surface area contributed by atoms with E-state index in [1.54, 1.807) is 45.9 Å². The van der Waals surface area contributed by atoms with Crippen LogP contribution in [-0.4, -0.2) is 29.3 Å². The normalized spacial score (nSPS) is 13.8. The molecule has 0 aliphatic carbocycles. The number of aliphatic hydroxyl groups excluding tert-OH is 1. The molecule has 0 saturated carbocycles. The van der Waals surface area contributed by atoms with Gasteiger partial charge in [0, 0.05) is 17.0 Å². The Labute approximate surface area is 234 Å². The third-order valence-electron chi connectivity index (χ3n) is 6.39. The molecule has 0 unspecified atom stereocenters. The summed E-state index contributed by atoms with van der Waals surface area (Å²) >= 11 is 6.05. The summed E-state index contributed by atoms with van der Waals surface area (Å²) in [4.78, 5) is 25.9. The number of rotatable bonds is 11. The molecule has 39 heavy (non-hydrogen) atoms. The van der Waals surface area contributed by atoms with Gasteiger partial charge in [-0.15, -0.1) is 0 Å². The fraction of sp³-hybridized carbons (Fsp3) is 0.375. The average Bonchev–Trinajstić information content (AvgIpc) is 2.88. The third kappa shape index (κ3) is 9.19. The number of aliphatic hydroxyl groups is 1. The molecule has 3 aromatic carbocycles. The highest BCUT2D eigenvalue weighted by Crippen LogP contribution is 2.33. The van der Waals surface area contributed by atoms with Crippen molar-refractivity contribution >= 4 is 23.5 Å². The van der Waals surface area contributed by atoms with Gasteiger partial charge in [0.05, 0.1) is 12.0 Å². The van der Waals surface area contributed by atoms with Crippen molar-refractivity contribution in [1.82, 2.24) is 0 Å². The zero-order chi connectivity index (χ0) is 28.6. The molecule has 0 fully saturated rings. The van der Waals surface area contributed by atoms with E-state index in [0.717, 1.165) is 11.1 Å². The fourth-order valence-electron chi connectivity index (χ4n) is 4.45. The van der Waals surface area contributed by atoms with Gasteiger partial charge in [-0.05, 0) is 81.3 Å². The molecule has 3 rings (SSSR count). The van der Waals surface area contributed by atoms with Gasteiger partial charge in [0.2, 0.25) is 0 Å². The van der Waals surface area contributed by atoms with Gasteiger partial charge in [0.1, 0.15) is 18.0 Å². The first kappa shape index (κ1) is 30.3. The van der Waals surface area contributed by atoms with Gasteiger partial charge in [0.25, 0.3) is 0 Å². The maximum Gasteiger partial charge on any atom is 0.314 e. The van der Waals surface area contributed by atoms with Gasteiger partial charge >= 0.3 is 11.9 Å². The first-order valence-corrected chi connectivity index (χ1v) is 13.3. The molecule has 2 atom stereocenters. The predicted molar refractivity (Wildman–Crippen MR) is 151 cm³/mol. The maximum absolute atomic E-state index is 14.3. The first-order valence-electron chi connectivity index (χ1n) is 13.0. The summed E-state index contributed by atoms with van der Waals surface area (Å²) in [7, 11) is 0. The summed E-state index contributed by atoms with van der Waals surface area (Å²) in [5.74, 6) is -1.62. The zero-order valence-electron chi connectivity index (χ0n) is 22.9. The molecule has 0 aromatic heterocycles. The van der Waals surface area contributed by atoms with Crippen LogP contribution in [0.4, 0.5) is 4.39 Å². The van der Waals surface area contributed by atoms with Crippen molar-refractivity contribution in [2.24, 2.45) is 11.3 Å². The summed E-state index contributed by atoms with van der Waals surface area (Å²) in [6, 6.07) is 21.0. The van der Waals surface area contributed by atoms with Crippen LogP contribution in [0.25, 0.3) is 11.1 Å². The second-order valence-corrected chi connectivity index (χ2v) is 11.6. The van der Waals surface area contributed by atoms with Crippen LogP contribution in [0.1, 0.15) is 51.7 Å². The molecule has 0 heterocycles. The largest absolute Gasteiger partial charge is 0.460 e. The Kier molecular flexibility index (Phi) is 10.3. The molecular weight excluding hydrogens is 519 g/mol. The summed E-state index contributed by atoms with van der Waals surface area (Å²) < 4.78 is 25.4. The molecule has 0 aliphatic heterocycles. The lowest BCUT2D eigenvalue weighted by Gasteiger charge is -2.30. The van der Waals surface area contributed by atoms with Crippen LogP contribution in [0.3, 0.4) is 0 Å². The van der Waals surface area contributed by atoms with E-state index in [4.69, 9.17) is 21.1 Å². The van der Waals surface area contributed by atoms with Crippen molar-refractivity contribution in [1.29, 1.82) is 0 Å². The standard InChI is InChI=1S/C32H36ClFO5/c1-31(2,3)39-29(36)17-24(19-32(4,21-35)30(37)38-20-23-8-6-5-7-9-23)16-22-10-12-25(13-11-22)27-18-26(33)14-15-28(27)34/h5-15,18,24,35H,16-17,19-21H2,1-4H3/t24-,32-/m0/s1. The second-order valence-electron chi connectivity index (χ2n) is 11.2. The number of halogens is 2. The Morgan fingerprint density at radius 3 is 2.23 bits per heavy atom. The van der Waals surface area contributed by atoms with Gasteiger partial charge < -0.3 is 14.6 Å². The van der Waals surface area contributed by atoms with Crippen molar-refractivity contribution in [2.45, 2.75) is 59.2 Å². The molecule has 5 nitrogen and oxygen atoms in total. The lowest BCUT2D eigenvalue weighted by Crippen LogP contribution is -2.37. The maximum atomic E-state index is 14.3. The number of benzene rings is 3. The predicted octanol–water partition coefficient (Wildman–Crippen LogP) is 7.17. The molecule has 0 aliphatic rings. The summed E-state index contributed by atoms with van der Waals surface area (Å²) in [5.41, 5.74) is 0.936. The number of hydrogen-bond donors (Lipinski definition) is 1. The highest BCUT2D eigenvalue weighted by Gasteiger charge is 2.38. The Hall–Kier alpha value is -3.22. The van der Waals surface area contributed by atoms with Crippen LogP contribution < -0.4 is 0 Å². The minimum absolute atomic E-state index is 0.0590. The molecule has 1 N–H and O–H groups in total. The Balaban J connectivity index is 1.78. The van der Waals surface area contributed by atoms with Crippen molar-refractivity contribution in [3.8, 4) is 11.1 Å². The number of esters is 2. The van der Waals surface area contributed by atoms with Gasteiger partial charge in [-0.25, -0.2) is 4.39 Å². The fourth-order valence-corrected chi connectivity index (χ4v) is 4.63. The van der Waals surface area contributed by atoms with E-state index in [1.165, 1.54) is 12.1 Å². The van der Waals surface area contributed by atoms with Crippen molar-refractivity contribution in [3.63, 3.8) is 0 Å². The van der Waals surface area contributed by atoms with Crippen molar-refractivity contribution in [2.75, 3.05) is 6.61 Å². The summed E-state index contributed by atoms with van der Waals surface area (Å²) in [6.07, 6.45) is 0.712. The SMILES string of the molecule is CC(C)(C)OC(=O)C[C@H](Cc1ccc(-c2cc(Cl)ccc2F)cc1)C[C@@](C)(CO)C(=O)OCc1ccccc1. The van der Waals surface area contributed by atoms with Crippen LogP contribution in [-0.2, 0) is 32.1 Å². The van der Waals surface area contributed by atoms with Crippen LogP contribution >= 0.6 is 11.6 Å². The van der Waals surface area contributed by atoms with E-state index in [9.17, 15) is 19.1 Å². The van der Waals surface area contributed by atoms with E-state index >= 15 is 0 Å². The van der Waals surface area contributed by atoms with Crippen LogP contribution in [0, 0.1) is 17.2 Å². The monoisotopic (exact) mass is 554 g/mol. The molecule has 0 bridgehead atoms. The van der Waals surface area contributed by atoms with Crippen LogP contribution in [0.2, 0.25) is 5.02 Å². The molecular formula is C32H36ClFO5. The molecule has 208 valence electrons. The minimum atomic E-state index is -1.22. The van der Waals surface area contributed by atoms with Crippen molar-refractivity contribution < 1.29 is 28.6 Å². The third-order valence-corrected chi connectivity index (χ3v) is 6.62. The number of ether oxygens (including phenoxy) is 2. The quantitative estimate of drug-likeness (QED) is 0.254. The first-order chi connectivity index (χ1) is 18.4. The molecule has 0 spiro atoms. The summed E-state index contributed by atoms with van der Waals surface area (Å²) in [5, 5.41) is 10.7. The Bertz CT molecular complexity index is 1250. The lowest BCUT2D eigenvalue weighted by atomic mass is 9.78. The highest BCUT2D eigenvalue weighted by atomic mass is 35.5. The van der Waals surface area contributed by atoms with Gasteiger partial charge in [-0.1, -0.05) is 66.2 Å². The second kappa shape index (κ2) is 13.2. The lowest BCUT2D eigenvalue weighted by molar-refractivity contribution is -0.162. The number of carbonyl (C=O) groups excluding carboxylic acids is 2. The molecule has 0 saturated heterocycles. The molecule has 3 aromatic rings. The Morgan fingerprint density at radius 1 is 0.949 bits per heavy atom. The number of carbonyl (C=O) groups is 2. The topological polar surface area (TPSA) is 72.8 Å². The highest BCUT2D eigenvalue weighted by molar-refractivity contribution is 6.30. The van der Waals surface area contributed by atoms with Gasteiger partial charge in [0.15, 0.2) is 0 Å². The van der Waals surface area contributed by atoms with Crippen LogP contribution in [0.15, 0.2) is 72.8 Å². The molecule has 0 amide bonds. The van der Waals surface area contributed by atoms with E-state index < -0.39 is 23.6 Å². The van der Waals surface area contributed by atoms with E-state index in [0.29, 0.717) is 22.6 Å². The van der Waals surface area contributed by atoms with Gasteiger partial charge in [-0.2, -0.15) is 0 Å².